The molecule has 0 aliphatic heterocycles. The van der Waals surface area contributed by atoms with E-state index < -0.39 is 0 Å². The molecule has 0 radical (unpaired) electrons. The molecule has 14 heavy (non-hydrogen) atoms. The molecule has 3 nitrogen and oxygen atoms in total. The molecule has 0 saturated heterocycles. The van der Waals surface area contributed by atoms with Crippen LogP contribution < -0.4 is 5.73 Å². The number of aromatic nitrogens is 1. The molecule has 0 bridgehead atoms. The fourth-order valence-corrected chi connectivity index (χ4v) is 1.83. The van der Waals surface area contributed by atoms with Gasteiger partial charge in [-0.2, -0.15) is 0 Å². The van der Waals surface area contributed by atoms with Gasteiger partial charge in [0.15, 0.2) is 0 Å². The van der Waals surface area contributed by atoms with Crippen LogP contribution in [0.4, 0.5) is 0 Å². The summed E-state index contributed by atoms with van der Waals surface area (Å²) in [5.41, 5.74) is 6.90. The first kappa shape index (κ1) is 11.5. The quantitative estimate of drug-likeness (QED) is 0.597. The number of thioether (sulfide) groups is 1. The molecule has 1 unspecified atom stereocenters. The maximum atomic E-state index is 5.78. The van der Waals surface area contributed by atoms with E-state index in [1.54, 1.807) is 25.1 Å². The number of ether oxygens (including phenoxy) is 1. The van der Waals surface area contributed by atoms with Crippen LogP contribution in [0.5, 0.6) is 0 Å². The number of rotatable bonds is 5. The highest BCUT2D eigenvalue weighted by Gasteiger charge is 2.01. The van der Waals surface area contributed by atoms with Crippen LogP contribution in [0.3, 0.4) is 0 Å². The van der Waals surface area contributed by atoms with E-state index in [0.717, 1.165) is 22.9 Å². The Bertz CT molecular complexity index is 279. The van der Waals surface area contributed by atoms with Crippen LogP contribution in [0.25, 0.3) is 0 Å². The highest BCUT2D eigenvalue weighted by molar-refractivity contribution is 7.99. The number of nitrogens with zero attached hydrogens (tertiary/aromatic N) is 1. The van der Waals surface area contributed by atoms with Crippen LogP contribution in [0.2, 0.25) is 0 Å². The molecule has 4 heteroatoms. The van der Waals surface area contributed by atoms with Gasteiger partial charge < -0.3 is 10.5 Å². The summed E-state index contributed by atoms with van der Waals surface area (Å²) in [6, 6.07) is 4.05. The third kappa shape index (κ3) is 3.65. The van der Waals surface area contributed by atoms with Crippen LogP contribution in [0.1, 0.15) is 18.5 Å². The van der Waals surface area contributed by atoms with Gasteiger partial charge in [0.1, 0.15) is 0 Å². The van der Waals surface area contributed by atoms with Crippen molar-refractivity contribution in [2.24, 2.45) is 5.73 Å². The van der Waals surface area contributed by atoms with Crippen molar-refractivity contribution in [1.29, 1.82) is 0 Å². The Morgan fingerprint density at radius 3 is 3.07 bits per heavy atom. The minimum atomic E-state index is 0.0692. The largest absolute Gasteiger partial charge is 0.384 e. The fraction of sp³-hybridized carbons (Fsp3) is 0.500. The van der Waals surface area contributed by atoms with Crippen molar-refractivity contribution in [3.05, 3.63) is 23.9 Å². The Balaban J connectivity index is 2.55. The number of hydrogen-bond acceptors (Lipinski definition) is 4. The summed E-state index contributed by atoms with van der Waals surface area (Å²) in [6.45, 7) is 2.72. The molecule has 2 N–H and O–H groups in total. The van der Waals surface area contributed by atoms with Gasteiger partial charge in [-0.1, -0.05) is 0 Å². The van der Waals surface area contributed by atoms with Gasteiger partial charge in [0.25, 0.3) is 0 Å². The molecule has 0 spiro atoms. The molecule has 0 aliphatic carbocycles. The zero-order valence-electron chi connectivity index (χ0n) is 8.56. The van der Waals surface area contributed by atoms with E-state index in [1.165, 1.54) is 0 Å². The molecule has 1 atom stereocenters. The topological polar surface area (TPSA) is 48.1 Å². The van der Waals surface area contributed by atoms with Gasteiger partial charge in [-0.05, 0) is 24.6 Å². The van der Waals surface area contributed by atoms with Gasteiger partial charge in [0.2, 0.25) is 0 Å². The number of methoxy groups -OCH3 is 1. The fourth-order valence-electron chi connectivity index (χ4n) is 1.02. The van der Waals surface area contributed by atoms with Gasteiger partial charge >= 0.3 is 0 Å². The number of hydrogen-bond donors (Lipinski definition) is 1. The van der Waals surface area contributed by atoms with Gasteiger partial charge in [0, 0.05) is 25.1 Å². The Labute approximate surface area is 89.1 Å². The van der Waals surface area contributed by atoms with Gasteiger partial charge in [-0.15, -0.1) is 11.8 Å². The molecule has 1 rings (SSSR count). The molecule has 0 amide bonds. The molecule has 1 heterocycles. The van der Waals surface area contributed by atoms with E-state index in [9.17, 15) is 0 Å². The summed E-state index contributed by atoms with van der Waals surface area (Å²) in [7, 11) is 1.70. The lowest BCUT2D eigenvalue weighted by atomic mass is 10.1. The molecular formula is C10H16N2OS. The smallest absolute Gasteiger partial charge is 0.0963 e. The monoisotopic (exact) mass is 212 g/mol. The maximum Gasteiger partial charge on any atom is 0.0963 e. The van der Waals surface area contributed by atoms with Crippen LogP contribution in [0, 0.1) is 0 Å². The predicted octanol–water partition coefficient (Wildman–Crippen LogP) is 1.84. The van der Waals surface area contributed by atoms with E-state index >= 15 is 0 Å². The third-order valence-electron chi connectivity index (χ3n) is 1.82. The lowest BCUT2D eigenvalue weighted by Gasteiger charge is -2.06. The summed E-state index contributed by atoms with van der Waals surface area (Å²) in [5.74, 6) is 0.923. The summed E-state index contributed by atoms with van der Waals surface area (Å²) in [6.07, 6.45) is 1.80. The molecular weight excluding hydrogens is 196 g/mol. The van der Waals surface area contributed by atoms with Crippen molar-refractivity contribution >= 4 is 11.8 Å². The zero-order chi connectivity index (χ0) is 10.4. The van der Waals surface area contributed by atoms with Crippen molar-refractivity contribution in [1.82, 2.24) is 4.98 Å². The van der Waals surface area contributed by atoms with E-state index in [0.29, 0.717) is 0 Å². The SMILES string of the molecule is COCCSc1cc(C(C)N)ccn1. The van der Waals surface area contributed by atoms with Crippen LogP contribution in [-0.4, -0.2) is 24.5 Å². The van der Waals surface area contributed by atoms with E-state index in [-0.39, 0.29) is 6.04 Å². The molecule has 0 saturated carbocycles. The number of pyridine rings is 1. The molecule has 0 aromatic carbocycles. The minimum absolute atomic E-state index is 0.0692. The second-order valence-electron chi connectivity index (χ2n) is 3.06. The van der Waals surface area contributed by atoms with Crippen molar-refractivity contribution in [2.75, 3.05) is 19.5 Å². The standard InChI is InChI=1S/C10H16N2OS/c1-8(11)9-3-4-12-10(7-9)14-6-5-13-2/h3-4,7-8H,5-6,11H2,1-2H3. The Morgan fingerprint density at radius 2 is 2.43 bits per heavy atom. The number of nitrogens with two attached hydrogens (primary N) is 1. The van der Waals surface area contributed by atoms with Crippen LogP contribution in [0.15, 0.2) is 23.4 Å². The Kier molecular flexibility index (Phi) is 4.93. The van der Waals surface area contributed by atoms with E-state index in [1.807, 2.05) is 19.1 Å². The summed E-state index contributed by atoms with van der Waals surface area (Å²) in [5, 5.41) is 1.01. The highest BCUT2D eigenvalue weighted by Crippen LogP contribution is 2.18. The first-order chi connectivity index (χ1) is 6.74. The average Bonchev–Trinajstić information content (AvgIpc) is 2.19. The van der Waals surface area contributed by atoms with Crippen LogP contribution in [-0.2, 0) is 4.74 Å². The van der Waals surface area contributed by atoms with Crippen molar-refractivity contribution in [3.63, 3.8) is 0 Å². The summed E-state index contributed by atoms with van der Waals surface area (Å²) in [4.78, 5) is 4.25. The summed E-state index contributed by atoms with van der Waals surface area (Å²) >= 11 is 1.68. The minimum Gasteiger partial charge on any atom is -0.384 e. The van der Waals surface area contributed by atoms with Crippen molar-refractivity contribution in [2.45, 2.75) is 18.0 Å². The normalized spacial score (nSPS) is 12.8. The zero-order valence-corrected chi connectivity index (χ0v) is 9.38. The van der Waals surface area contributed by atoms with E-state index in [2.05, 4.69) is 4.98 Å². The Hall–Kier alpha value is -0.580. The van der Waals surface area contributed by atoms with Gasteiger partial charge in [-0.25, -0.2) is 4.98 Å². The van der Waals surface area contributed by atoms with Gasteiger partial charge in [0.05, 0.1) is 11.6 Å². The highest BCUT2D eigenvalue weighted by atomic mass is 32.2. The molecule has 1 aromatic rings. The maximum absolute atomic E-state index is 5.78. The first-order valence-corrected chi connectivity index (χ1v) is 5.56. The predicted molar refractivity (Wildman–Crippen MR) is 59.4 cm³/mol. The average molecular weight is 212 g/mol. The molecule has 0 aliphatic rings. The first-order valence-electron chi connectivity index (χ1n) is 4.57. The molecule has 78 valence electrons. The molecule has 1 aromatic heterocycles. The lowest BCUT2D eigenvalue weighted by molar-refractivity contribution is 0.218. The van der Waals surface area contributed by atoms with Crippen molar-refractivity contribution in [3.8, 4) is 0 Å². The summed E-state index contributed by atoms with van der Waals surface area (Å²) < 4.78 is 4.97. The van der Waals surface area contributed by atoms with Crippen molar-refractivity contribution < 1.29 is 4.74 Å². The molecule has 0 fully saturated rings. The second-order valence-corrected chi connectivity index (χ2v) is 4.17. The Morgan fingerprint density at radius 1 is 1.64 bits per heavy atom. The van der Waals surface area contributed by atoms with Crippen LogP contribution >= 0.6 is 11.8 Å². The van der Waals surface area contributed by atoms with Gasteiger partial charge in [-0.3, -0.25) is 0 Å². The van der Waals surface area contributed by atoms with E-state index in [4.69, 9.17) is 10.5 Å². The second kappa shape index (κ2) is 6.01. The lowest BCUT2D eigenvalue weighted by Crippen LogP contribution is -2.05. The third-order valence-corrected chi connectivity index (χ3v) is 2.71.